The van der Waals surface area contributed by atoms with Gasteiger partial charge in [0.05, 0.1) is 6.04 Å². The number of fused-ring (bicyclic) bond motifs is 1. The quantitative estimate of drug-likeness (QED) is 0.566. The number of carbonyl (C=O) groups excluding carboxylic acids is 3. The third kappa shape index (κ3) is 7.19. The molecule has 0 saturated heterocycles. The summed E-state index contributed by atoms with van der Waals surface area (Å²) in [5.74, 6) is 0.425. The van der Waals surface area contributed by atoms with Crippen molar-refractivity contribution in [2.75, 3.05) is 20.1 Å². The smallest absolute Gasteiger partial charge is 0.243 e. The van der Waals surface area contributed by atoms with E-state index in [4.69, 9.17) is 4.74 Å². The van der Waals surface area contributed by atoms with Gasteiger partial charge in [-0.1, -0.05) is 39.0 Å². The number of likely N-dealkylation sites (N-methyl/N-ethyl adjacent to an activating group) is 1. The average Bonchev–Trinajstić information content (AvgIpc) is 3.63. The van der Waals surface area contributed by atoms with Crippen LogP contribution in [0.4, 0.5) is 0 Å². The van der Waals surface area contributed by atoms with Gasteiger partial charge in [0.15, 0.2) is 0 Å². The van der Waals surface area contributed by atoms with Gasteiger partial charge in [-0.15, -0.1) is 0 Å². The molecule has 8 nitrogen and oxygen atoms in total. The van der Waals surface area contributed by atoms with Gasteiger partial charge in [-0.05, 0) is 62.5 Å². The van der Waals surface area contributed by atoms with Gasteiger partial charge in [0.1, 0.15) is 23.9 Å². The van der Waals surface area contributed by atoms with Crippen molar-refractivity contribution in [2.24, 2.45) is 11.3 Å². The molecule has 1 aromatic carbocycles. The second-order valence-corrected chi connectivity index (χ2v) is 11.1. The highest BCUT2D eigenvalue weighted by atomic mass is 16.5. The molecule has 1 aliphatic heterocycles. The van der Waals surface area contributed by atoms with Crippen LogP contribution in [0.1, 0.15) is 59.4 Å². The largest absolute Gasteiger partial charge is 0.489 e. The fourth-order valence-corrected chi connectivity index (χ4v) is 4.38. The number of nitrogens with one attached hydrogen (secondary N) is 3. The van der Waals surface area contributed by atoms with Crippen molar-refractivity contribution >= 4 is 17.7 Å². The average molecular weight is 487 g/mol. The zero-order chi connectivity index (χ0) is 25.8. The normalized spacial score (nSPS) is 28.2. The first kappa shape index (κ1) is 27.0. The molecule has 2 aliphatic rings. The zero-order valence-corrected chi connectivity index (χ0v) is 22.0. The van der Waals surface area contributed by atoms with Crippen LogP contribution >= 0.6 is 0 Å². The van der Waals surface area contributed by atoms with Crippen molar-refractivity contribution < 1.29 is 19.1 Å². The topological polar surface area (TPSA) is 99.8 Å². The van der Waals surface area contributed by atoms with Crippen molar-refractivity contribution in [3.8, 4) is 5.75 Å². The van der Waals surface area contributed by atoms with E-state index in [0.29, 0.717) is 13.1 Å². The van der Waals surface area contributed by atoms with Gasteiger partial charge in [0.2, 0.25) is 17.7 Å². The Balaban J connectivity index is 1.85. The number of benzene rings is 1. The molecule has 194 valence electrons. The Kier molecular flexibility index (Phi) is 8.80. The molecule has 0 bridgehead atoms. The maximum absolute atomic E-state index is 13.4. The fourth-order valence-electron chi connectivity index (χ4n) is 4.38. The van der Waals surface area contributed by atoms with Gasteiger partial charge in [-0.2, -0.15) is 0 Å². The Morgan fingerprint density at radius 3 is 2.37 bits per heavy atom. The summed E-state index contributed by atoms with van der Waals surface area (Å²) in [4.78, 5) is 41.1. The third-order valence-electron chi connectivity index (χ3n) is 6.93. The molecule has 3 amide bonds. The van der Waals surface area contributed by atoms with Gasteiger partial charge < -0.3 is 25.6 Å². The van der Waals surface area contributed by atoms with Crippen LogP contribution in [-0.4, -0.2) is 67.0 Å². The maximum Gasteiger partial charge on any atom is 0.243 e. The number of ether oxygens (including phenoxy) is 1. The van der Waals surface area contributed by atoms with E-state index < -0.39 is 17.5 Å². The van der Waals surface area contributed by atoms with E-state index in [0.717, 1.165) is 37.0 Å². The molecule has 1 aliphatic carbocycles. The highest BCUT2D eigenvalue weighted by molar-refractivity contribution is 5.93. The molecule has 3 N–H and O–H groups in total. The number of hydrogen-bond donors (Lipinski definition) is 3. The van der Waals surface area contributed by atoms with Crippen LogP contribution in [0.25, 0.3) is 0 Å². The SMILES string of the molecule is C[C@@H]1CN[C@@H](C2CC2)C(=O)N(C)[C@H](C)C(=O)N[C@H](C(C)(C)C)C(=O)NCCCc2ccccc2O1. The summed E-state index contributed by atoms with van der Waals surface area (Å²) in [6.45, 7) is 10.5. The van der Waals surface area contributed by atoms with Gasteiger partial charge in [0.25, 0.3) is 0 Å². The molecule has 35 heavy (non-hydrogen) atoms. The first-order valence-electron chi connectivity index (χ1n) is 12.8. The Morgan fingerprint density at radius 2 is 1.71 bits per heavy atom. The molecule has 0 spiro atoms. The lowest BCUT2D eigenvalue weighted by Crippen LogP contribution is -2.59. The van der Waals surface area contributed by atoms with Crippen LogP contribution in [0.2, 0.25) is 0 Å². The number of amides is 3. The van der Waals surface area contributed by atoms with Crippen molar-refractivity contribution in [3.63, 3.8) is 0 Å². The summed E-state index contributed by atoms with van der Waals surface area (Å²) < 4.78 is 6.23. The highest BCUT2D eigenvalue weighted by Crippen LogP contribution is 2.33. The van der Waals surface area contributed by atoms with Crippen LogP contribution < -0.4 is 20.7 Å². The minimum Gasteiger partial charge on any atom is -0.489 e. The summed E-state index contributed by atoms with van der Waals surface area (Å²) in [6, 6.07) is 6.16. The maximum atomic E-state index is 13.4. The second kappa shape index (κ2) is 11.4. The van der Waals surface area contributed by atoms with E-state index in [-0.39, 0.29) is 35.8 Å². The molecule has 1 fully saturated rings. The Bertz CT molecular complexity index is 909. The molecular weight excluding hydrogens is 444 g/mol. The van der Waals surface area contributed by atoms with Crippen molar-refractivity contribution in [1.29, 1.82) is 0 Å². The van der Waals surface area contributed by atoms with Gasteiger partial charge >= 0.3 is 0 Å². The molecule has 1 heterocycles. The molecule has 8 heteroatoms. The van der Waals surface area contributed by atoms with Gasteiger partial charge in [-0.25, -0.2) is 0 Å². The summed E-state index contributed by atoms with van der Waals surface area (Å²) in [5.41, 5.74) is 0.594. The van der Waals surface area contributed by atoms with Crippen LogP contribution in [0.3, 0.4) is 0 Å². The number of carbonyl (C=O) groups is 3. The summed E-state index contributed by atoms with van der Waals surface area (Å²) in [7, 11) is 1.66. The van der Waals surface area contributed by atoms with Crippen LogP contribution in [0.5, 0.6) is 5.75 Å². The standard InChI is InChI=1S/C27H42N4O4/c1-17-16-29-22(20-13-14-20)26(34)31(6)18(2)24(32)30-23(27(3,4)5)25(33)28-15-9-11-19-10-7-8-12-21(19)35-17/h7-8,10,12,17-18,20,22-23,29H,9,11,13-16H2,1-6H3,(H,28,33)(H,30,32)/t17-,18-,22+,23+/m1/s1. The van der Waals surface area contributed by atoms with E-state index in [1.165, 1.54) is 4.90 Å². The van der Waals surface area contributed by atoms with Crippen LogP contribution in [0.15, 0.2) is 24.3 Å². The lowest BCUT2D eigenvalue weighted by Gasteiger charge is -2.34. The zero-order valence-electron chi connectivity index (χ0n) is 22.0. The Morgan fingerprint density at radius 1 is 1.03 bits per heavy atom. The Labute approximate surface area is 209 Å². The number of nitrogens with zero attached hydrogens (tertiary/aromatic N) is 1. The minimum absolute atomic E-state index is 0.111. The summed E-state index contributed by atoms with van der Waals surface area (Å²) in [6.07, 6.45) is 3.35. The molecule has 0 aromatic heterocycles. The molecular formula is C27H42N4O4. The molecule has 3 rings (SSSR count). The van der Waals surface area contributed by atoms with Crippen molar-refractivity contribution in [1.82, 2.24) is 20.9 Å². The number of hydrogen-bond acceptors (Lipinski definition) is 5. The lowest BCUT2D eigenvalue weighted by molar-refractivity contribution is -0.141. The molecule has 4 atom stereocenters. The molecule has 1 saturated carbocycles. The van der Waals surface area contributed by atoms with Gasteiger partial charge in [0, 0.05) is 20.1 Å². The van der Waals surface area contributed by atoms with Gasteiger partial charge in [-0.3, -0.25) is 14.4 Å². The first-order valence-corrected chi connectivity index (χ1v) is 12.8. The Hall–Kier alpha value is -2.61. The predicted octanol–water partition coefficient (Wildman–Crippen LogP) is 2.26. The van der Waals surface area contributed by atoms with Crippen molar-refractivity contribution in [2.45, 2.75) is 84.5 Å². The lowest BCUT2D eigenvalue weighted by atomic mass is 9.86. The van der Waals surface area contributed by atoms with E-state index in [9.17, 15) is 14.4 Å². The second-order valence-electron chi connectivity index (χ2n) is 11.1. The van der Waals surface area contributed by atoms with Crippen LogP contribution in [0, 0.1) is 11.3 Å². The highest BCUT2D eigenvalue weighted by Gasteiger charge is 2.40. The van der Waals surface area contributed by atoms with E-state index >= 15 is 0 Å². The summed E-state index contributed by atoms with van der Waals surface area (Å²) in [5, 5.41) is 9.30. The van der Waals surface area contributed by atoms with Crippen molar-refractivity contribution in [3.05, 3.63) is 29.8 Å². The first-order chi connectivity index (χ1) is 16.5. The monoisotopic (exact) mass is 486 g/mol. The number of para-hydroxylation sites is 1. The number of rotatable bonds is 1. The number of aryl methyl sites for hydroxylation is 1. The molecule has 0 unspecified atom stereocenters. The van der Waals surface area contributed by atoms with E-state index in [1.807, 2.05) is 52.0 Å². The van der Waals surface area contributed by atoms with E-state index in [1.54, 1.807) is 14.0 Å². The fraction of sp³-hybridized carbons (Fsp3) is 0.667. The van der Waals surface area contributed by atoms with Crippen LogP contribution in [-0.2, 0) is 20.8 Å². The molecule has 1 aromatic rings. The minimum atomic E-state index is -0.714. The molecule has 0 radical (unpaired) electrons. The summed E-state index contributed by atoms with van der Waals surface area (Å²) >= 11 is 0. The third-order valence-corrected chi connectivity index (χ3v) is 6.93. The van der Waals surface area contributed by atoms with E-state index in [2.05, 4.69) is 16.0 Å². The predicted molar refractivity (Wildman–Crippen MR) is 136 cm³/mol.